The van der Waals surface area contributed by atoms with Gasteiger partial charge in [0.15, 0.2) is 0 Å². The molecule has 0 N–H and O–H groups in total. The fraction of sp³-hybridized carbons (Fsp3) is 0.154. The minimum Gasteiger partial charge on any atom is -0.407 e. The lowest BCUT2D eigenvalue weighted by Gasteiger charge is -2.11. The van der Waals surface area contributed by atoms with Gasteiger partial charge in [0.2, 0.25) is 5.88 Å². The molecule has 0 aliphatic carbocycles. The first-order valence-corrected chi connectivity index (χ1v) is 10.1. The highest BCUT2D eigenvalue weighted by Crippen LogP contribution is 2.28. The molecule has 1 heterocycles. The predicted octanol–water partition coefficient (Wildman–Crippen LogP) is 5.69. The van der Waals surface area contributed by atoms with Crippen molar-refractivity contribution in [3.05, 3.63) is 102 Å². The Bertz CT molecular complexity index is 1150. The summed E-state index contributed by atoms with van der Waals surface area (Å²) in [6, 6.07) is 27.8. The quantitative estimate of drug-likeness (QED) is 0.393. The van der Waals surface area contributed by atoms with Crippen LogP contribution in [-0.2, 0) is 11.2 Å². The Morgan fingerprint density at radius 3 is 2.30 bits per heavy atom. The predicted molar refractivity (Wildman–Crippen MR) is 119 cm³/mol. The van der Waals surface area contributed by atoms with Crippen molar-refractivity contribution in [1.82, 2.24) is 9.78 Å². The summed E-state index contributed by atoms with van der Waals surface area (Å²) in [5.74, 6) is 0.156. The van der Waals surface area contributed by atoms with Crippen LogP contribution in [0, 0.1) is 13.8 Å². The lowest BCUT2D eigenvalue weighted by Crippen LogP contribution is -2.12. The molecule has 150 valence electrons. The number of esters is 1. The summed E-state index contributed by atoms with van der Waals surface area (Å²) >= 11 is 0. The zero-order valence-electron chi connectivity index (χ0n) is 17.2. The third-order valence-corrected chi connectivity index (χ3v) is 5.01. The van der Waals surface area contributed by atoms with Crippen molar-refractivity contribution in [3.8, 4) is 22.8 Å². The monoisotopic (exact) mass is 396 g/mol. The number of carbonyl (C=O) groups is 1. The van der Waals surface area contributed by atoms with Gasteiger partial charge in [0.1, 0.15) is 0 Å². The van der Waals surface area contributed by atoms with E-state index in [-0.39, 0.29) is 5.97 Å². The SMILES string of the molecule is Cc1ccc(-n2nc(-c3ccccc3)cc2OC(=O)CCc2ccccc2)c(C)c1. The van der Waals surface area contributed by atoms with Crippen LogP contribution in [0.5, 0.6) is 5.88 Å². The van der Waals surface area contributed by atoms with Crippen molar-refractivity contribution >= 4 is 5.97 Å². The molecule has 4 aromatic rings. The third kappa shape index (κ3) is 4.49. The normalized spacial score (nSPS) is 10.7. The first-order valence-electron chi connectivity index (χ1n) is 10.1. The number of hydrogen-bond donors (Lipinski definition) is 0. The van der Waals surface area contributed by atoms with Crippen LogP contribution in [0.2, 0.25) is 0 Å². The number of aryl methyl sites for hydroxylation is 3. The molecule has 3 aromatic carbocycles. The minimum atomic E-state index is -0.274. The molecule has 30 heavy (non-hydrogen) atoms. The van der Waals surface area contributed by atoms with Crippen molar-refractivity contribution < 1.29 is 9.53 Å². The molecular formula is C26H24N2O2. The number of nitrogens with zero attached hydrogens (tertiary/aromatic N) is 2. The van der Waals surface area contributed by atoms with Gasteiger partial charge >= 0.3 is 5.97 Å². The third-order valence-electron chi connectivity index (χ3n) is 5.01. The topological polar surface area (TPSA) is 44.1 Å². The van der Waals surface area contributed by atoms with E-state index in [2.05, 4.69) is 13.0 Å². The van der Waals surface area contributed by atoms with Crippen LogP contribution < -0.4 is 4.74 Å². The molecule has 0 atom stereocenters. The fourth-order valence-corrected chi connectivity index (χ4v) is 3.46. The van der Waals surface area contributed by atoms with Gasteiger partial charge in [0, 0.05) is 11.6 Å². The number of benzene rings is 3. The Labute approximate surface area is 176 Å². The van der Waals surface area contributed by atoms with Crippen LogP contribution in [0.1, 0.15) is 23.1 Å². The number of ether oxygens (including phenoxy) is 1. The minimum absolute atomic E-state index is 0.274. The Balaban J connectivity index is 1.63. The molecule has 4 rings (SSSR count). The van der Waals surface area contributed by atoms with Gasteiger partial charge in [-0.1, -0.05) is 78.4 Å². The molecule has 4 nitrogen and oxygen atoms in total. The highest BCUT2D eigenvalue weighted by Gasteiger charge is 2.17. The molecule has 0 bridgehead atoms. The van der Waals surface area contributed by atoms with Crippen molar-refractivity contribution in [2.45, 2.75) is 26.7 Å². The Morgan fingerprint density at radius 2 is 1.60 bits per heavy atom. The first-order chi connectivity index (χ1) is 14.6. The molecule has 1 aromatic heterocycles. The van der Waals surface area contributed by atoms with Gasteiger partial charge in [-0.15, -0.1) is 0 Å². The summed E-state index contributed by atoms with van der Waals surface area (Å²) in [4.78, 5) is 12.6. The number of aromatic nitrogens is 2. The summed E-state index contributed by atoms with van der Waals surface area (Å²) in [6.07, 6.45) is 0.950. The maximum atomic E-state index is 12.6. The van der Waals surface area contributed by atoms with Crippen LogP contribution >= 0.6 is 0 Å². The first kappa shape index (κ1) is 19.6. The molecular weight excluding hydrogens is 372 g/mol. The van der Waals surface area contributed by atoms with Crippen molar-refractivity contribution in [1.29, 1.82) is 0 Å². The van der Waals surface area contributed by atoms with Gasteiger partial charge in [0.05, 0.1) is 17.8 Å². The van der Waals surface area contributed by atoms with Crippen molar-refractivity contribution in [2.75, 3.05) is 0 Å². The van der Waals surface area contributed by atoms with Gasteiger partial charge in [-0.3, -0.25) is 4.79 Å². The van der Waals surface area contributed by atoms with E-state index in [0.717, 1.165) is 28.1 Å². The molecule has 0 fully saturated rings. The van der Waals surface area contributed by atoms with Gasteiger partial charge in [-0.25, -0.2) is 0 Å². The zero-order chi connectivity index (χ0) is 20.9. The van der Waals surface area contributed by atoms with E-state index in [4.69, 9.17) is 9.84 Å². The van der Waals surface area contributed by atoms with Crippen LogP contribution in [-0.4, -0.2) is 15.7 Å². The zero-order valence-corrected chi connectivity index (χ0v) is 17.2. The summed E-state index contributed by atoms with van der Waals surface area (Å²) < 4.78 is 7.49. The average Bonchev–Trinajstić information content (AvgIpc) is 3.17. The van der Waals surface area contributed by atoms with E-state index in [1.165, 1.54) is 5.56 Å². The smallest absolute Gasteiger partial charge is 0.312 e. The largest absolute Gasteiger partial charge is 0.407 e. The number of rotatable bonds is 6. The standard InChI is InChI=1S/C26H24N2O2/c1-19-13-15-24(20(2)17-19)28-25(18-23(27-28)22-11-7-4-8-12-22)30-26(29)16-14-21-9-5-3-6-10-21/h3-13,15,17-18H,14,16H2,1-2H3. The summed E-state index contributed by atoms with van der Waals surface area (Å²) in [6.45, 7) is 4.09. The second-order valence-electron chi connectivity index (χ2n) is 7.40. The van der Waals surface area contributed by atoms with Crippen LogP contribution in [0.15, 0.2) is 84.9 Å². The Morgan fingerprint density at radius 1 is 0.900 bits per heavy atom. The van der Waals surface area contributed by atoms with Crippen LogP contribution in [0.3, 0.4) is 0 Å². The summed E-state index contributed by atoms with van der Waals surface area (Å²) in [5.41, 5.74) is 5.99. The second-order valence-corrected chi connectivity index (χ2v) is 7.40. The van der Waals surface area contributed by atoms with E-state index in [1.807, 2.05) is 85.8 Å². The van der Waals surface area contributed by atoms with E-state index in [9.17, 15) is 4.79 Å². The molecule has 0 saturated heterocycles. The van der Waals surface area contributed by atoms with Gasteiger partial charge in [0.25, 0.3) is 0 Å². The number of carbonyl (C=O) groups excluding carboxylic acids is 1. The Hall–Kier alpha value is -3.66. The molecule has 0 aliphatic heterocycles. The highest BCUT2D eigenvalue weighted by molar-refractivity contribution is 5.73. The molecule has 0 saturated carbocycles. The van der Waals surface area contributed by atoms with Gasteiger partial charge in [-0.05, 0) is 37.5 Å². The lowest BCUT2D eigenvalue weighted by molar-refractivity contribution is -0.134. The summed E-state index contributed by atoms with van der Waals surface area (Å²) in [7, 11) is 0. The summed E-state index contributed by atoms with van der Waals surface area (Å²) in [5, 5.41) is 4.75. The van der Waals surface area contributed by atoms with E-state index >= 15 is 0 Å². The van der Waals surface area contributed by atoms with Crippen molar-refractivity contribution in [3.63, 3.8) is 0 Å². The molecule has 0 spiro atoms. The van der Waals surface area contributed by atoms with E-state index in [0.29, 0.717) is 18.7 Å². The lowest BCUT2D eigenvalue weighted by atomic mass is 10.1. The average molecular weight is 396 g/mol. The maximum absolute atomic E-state index is 12.6. The molecule has 0 aliphatic rings. The molecule has 0 radical (unpaired) electrons. The van der Waals surface area contributed by atoms with E-state index in [1.54, 1.807) is 4.68 Å². The van der Waals surface area contributed by atoms with Crippen molar-refractivity contribution in [2.24, 2.45) is 0 Å². The second kappa shape index (κ2) is 8.78. The molecule has 0 unspecified atom stereocenters. The van der Waals surface area contributed by atoms with Crippen LogP contribution in [0.25, 0.3) is 16.9 Å². The fourth-order valence-electron chi connectivity index (χ4n) is 3.46. The Kier molecular flexibility index (Phi) is 5.75. The highest BCUT2D eigenvalue weighted by atomic mass is 16.5. The van der Waals surface area contributed by atoms with Gasteiger partial charge < -0.3 is 4.74 Å². The number of hydrogen-bond acceptors (Lipinski definition) is 3. The molecule has 4 heteroatoms. The van der Waals surface area contributed by atoms with Gasteiger partial charge in [-0.2, -0.15) is 9.78 Å². The molecule has 0 amide bonds. The maximum Gasteiger partial charge on any atom is 0.312 e. The van der Waals surface area contributed by atoms with Crippen LogP contribution in [0.4, 0.5) is 0 Å². The van der Waals surface area contributed by atoms with E-state index < -0.39 is 0 Å².